The second kappa shape index (κ2) is 6.65. The Morgan fingerprint density at radius 2 is 1.80 bits per heavy atom. The maximum Gasteiger partial charge on any atom is 0.200 e. The third kappa shape index (κ3) is 3.10. The van der Waals surface area contributed by atoms with Crippen molar-refractivity contribution in [2.45, 2.75) is 19.4 Å². The maximum absolute atomic E-state index is 12.9. The number of phenols is 1. The van der Waals surface area contributed by atoms with Crippen LogP contribution in [0.2, 0.25) is 0 Å². The quantitative estimate of drug-likeness (QED) is 0.702. The Morgan fingerprint density at radius 1 is 1.08 bits per heavy atom. The first-order chi connectivity index (χ1) is 12.1. The Morgan fingerprint density at radius 3 is 2.52 bits per heavy atom. The predicted octanol–water partition coefficient (Wildman–Crippen LogP) is 4.52. The van der Waals surface area contributed by atoms with Crippen molar-refractivity contribution in [3.63, 3.8) is 0 Å². The van der Waals surface area contributed by atoms with Crippen molar-refractivity contribution in [2.24, 2.45) is 0 Å². The van der Waals surface area contributed by atoms with E-state index < -0.39 is 0 Å². The molecule has 4 nitrogen and oxygen atoms in total. The maximum atomic E-state index is 12.9. The molecule has 0 atom stereocenters. The van der Waals surface area contributed by atoms with E-state index in [2.05, 4.69) is 20.8 Å². The van der Waals surface area contributed by atoms with Crippen molar-refractivity contribution in [3.8, 4) is 16.9 Å². The van der Waals surface area contributed by atoms with E-state index in [0.29, 0.717) is 28.6 Å². The molecule has 128 valence electrons. The van der Waals surface area contributed by atoms with Crippen molar-refractivity contribution in [1.82, 2.24) is 4.90 Å². The molecule has 0 bridgehead atoms. The fourth-order valence-corrected chi connectivity index (χ4v) is 3.66. The number of hydrogen-bond acceptors (Lipinski definition) is 4. The van der Waals surface area contributed by atoms with Gasteiger partial charge >= 0.3 is 0 Å². The zero-order valence-corrected chi connectivity index (χ0v) is 15.3. The standard InChI is InChI=1S/C20H18BrNO3/c21-14-5-3-13(4-6-14)17-12-25-20-15(19(17)24)7-8-18(23)16(20)11-22-9-1-2-10-22/h3-8,12,23H,1-2,9-11H2. The average Bonchev–Trinajstić information content (AvgIpc) is 3.12. The Labute approximate surface area is 153 Å². The van der Waals surface area contributed by atoms with Gasteiger partial charge in [-0.1, -0.05) is 28.1 Å². The lowest BCUT2D eigenvalue weighted by molar-refractivity contribution is 0.323. The fourth-order valence-electron chi connectivity index (χ4n) is 3.39. The van der Waals surface area contributed by atoms with Crippen LogP contribution in [0.15, 0.2) is 56.3 Å². The number of benzene rings is 2. The molecule has 1 aromatic heterocycles. The summed E-state index contributed by atoms with van der Waals surface area (Å²) in [5.41, 5.74) is 2.44. The lowest BCUT2D eigenvalue weighted by atomic mass is 10.0. The summed E-state index contributed by atoms with van der Waals surface area (Å²) in [4.78, 5) is 15.2. The topological polar surface area (TPSA) is 53.7 Å². The highest BCUT2D eigenvalue weighted by Crippen LogP contribution is 2.30. The molecule has 1 aliphatic heterocycles. The number of nitrogens with zero attached hydrogens (tertiary/aromatic N) is 1. The average molecular weight is 400 g/mol. The van der Waals surface area contributed by atoms with Crippen LogP contribution >= 0.6 is 15.9 Å². The number of rotatable bonds is 3. The van der Waals surface area contributed by atoms with Gasteiger partial charge in [0.1, 0.15) is 17.6 Å². The molecule has 0 radical (unpaired) electrons. The Hall–Kier alpha value is -2.11. The van der Waals surface area contributed by atoms with E-state index in [9.17, 15) is 9.90 Å². The molecule has 3 aromatic rings. The molecule has 5 heteroatoms. The largest absolute Gasteiger partial charge is 0.507 e. The predicted molar refractivity (Wildman–Crippen MR) is 102 cm³/mol. The summed E-state index contributed by atoms with van der Waals surface area (Å²) in [7, 11) is 0. The van der Waals surface area contributed by atoms with Crippen LogP contribution in [0.1, 0.15) is 18.4 Å². The molecule has 1 N–H and O–H groups in total. The normalized spacial score (nSPS) is 15.1. The Balaban J connectivity index is 1.83. The van der Waals surface area contributed by atoms with Crippen LogP contribution in [0.5, 0.6) is 5.75 Å². The van der Waals surface area contributed by atoms with Gasteiger partial charge in [0.2, 0.25) is 5.43 Å². The molecule has 2 heterocycles. The zero-order chi connectivity index (χ0) is 17.4. The molecule has 25 heavy (non-hydrogen) atoms. The molecule has 0 unspecified atom stereocenters. The molecule has 0 spiro atoms. The highest BCUT2D eigenvalue weighted by molar-refractivity contribution is 9.10. The minimum absolute atomic E-state index is 0.0776. The molecular formula is C20H18BrNO3. The summed E-state index contributed by atoms with van der Waals surface area (Å²) in [6, 6.07) is 10.8. The van der Waals surface area contributed by atoms with Gasteiger partial charge in [0.25, 0.3) is 0 Å². The fraction of sp³-hybridized carbons (Fsp3) is 0.250. The van der Waals surface area contributed by atoms with Crippen LogP contribution in [-0.2, 0) is 6.54 Å². The Bertz CT molecular complexity index is 973. The van der Waals surface area contributed by atoms with E-state index in [4.69, 9.17) is 4.42 Å². The summed E-state index contributed by atoms with van der Waals surface area (Å²) in [6.07, 6.45) is 3.84. The number of fused-ring (bicyclic) bond motifs is 1. The first-order valence-electron chi connectivity index (χ1n) is 8.38. The number of aromatic hydroxyl groups is 1. The summed E-state index contributed by atoms with van der Waals surface area (Å²) in [5, 5.41) is 10.8. The molecule has 1 fully saturated rings. The van der Waals surface area contributed by atoms with Gasteiger partial charge in [0.05, 0.1) is 16.5 Å². The van der Waals surface area contributed by atoms with Crippen molar-refractivity contribution in [3.05, 3.63) is 62.9 Å². The molecule has 1 aliphatic rings. The van der Waals surface area contributed by atoms with E-state index >= 15 is 0 Å². The second-order valence-corrected chi connectivity index (χ2v) is 7.32. The van der Waals surface area contributed by atoms with Crippen LogP contribution in [0.4, 0.5) is 0 Å². The molecule has 0 saturated carbocycles. The van der Waals surface area contributed by atoms with Gasteiger partial charge in [0.15, 0.2) is 0 Å². The zero-order valence-electron chi connectivity index (χ0n) is 13.7. The molecule has 4 rings (SSSR count). The molecule has 2 aromatic carbocycles. The van der Waals surface area contributed by atoms with E-state index in [1.54, 1.807) is 12.1 Å². The number of likely N-dealkylation sites (tertiary alicyclic amines) is 1. The van der Waals surface area contributed by atoms with Crippen LogP contribution in [0, 0.1) is 0 Å². The smallest absolute Gasteiger partial charge is 0.200 e. The third-order valence-electron chi connectivity index (χ3n) is 4.76. The van der Waals surface area contributed by atoms with Gasteiger partial charge in [-0.2, -0.15) is 0 Å². The van der Waals surface area contributed by atoms with Crippen molar-refractivity contribution in [1.29, 1.82) is 0 Å². The lowest BCUT2D eigenvalue weighted by Gasteiger charge is -2.16. The summed E-state index contributed by atoms with van der Waals surface area (Å²) in [5.74, 6) is 0.180. The number of hydrogen-bond donors (Lipinski definition) is 1. The summed E-state index contributed by atoms with van der Waals surface area (Å²) < 4.78 is 6.79. The second-order valence-electron chi connectivity index (χ2n) is 6.41. The van der Waals surface area contributed by atoms with Gasteiger partial charge in [-0.05, 0) is 55.8 Å². The molecule has 0 aliphatic carbocycles. The SMILES string of the molecule is O=c1c(-c2ccc(Br)cc2)coc2c(CN3CCCC3)c(O)ccc12. The molecule has 0 amide bonds. The monoisotopic (exact) mass is 399 g/mol. The highest BCUT2D eigenvalue weighted by Gasteiger charge is 2.19. The van der Waals surface area contributed by atoms with Crippen molar-refractivity contribution < 1.29 is 9.52 Å². The van der Waals surface area contributed by atoms with Crippen LogP contribution < -0.4 is 5.43 Å². The first kappa shape index (κ1) is 16.4. The van der Waals surface area contributed by atoms with Gasteiger partial charge in [-0.15, -0.1) is 0 Å². The van der Waals surface area contributed by atoms with Crippen LogP contribution in [0.3, 0.4) is 0 Å². The highest BCUT2D eigenvalue weighted by atomic mass is 79.9. The summed E-state index contributed by atoms with van der Waals surface area (Å²) in [6.45, 7) is 2.62. The number of phenolic OH excluding ortho intramolecular Hbond substituents is 1. The van der Waals surface area contributed by atoms with E-state index in [-0.39, 0.29) is 11.2 Å². The van der Waals surface area contributed by atoms with Crippen molar-refractivity contribution in [2.75, 3.05) is 13.1 Å². The van der Waals surface area contributed by atoms with Gasteiger partial charge in [0, 0.05) is 11.0 Å². The van der Waals surface area contributed by atoms with Crippen molar-refractivity contribution >= 4 is 26.9 Å². The minimum Gasteiger partial charge on any atom is -0.507 e. The first-order valence-corrected chi connectivity index (χ1v) is 9.17. The summed E-state index contributed by atoms with van der Waals surface area (Å²) >= 11 is 3.40. The van der Waals surface area contributed by atoms with E-state index in [1.165, 1.54) is 19.1 Å². The van der Waals surface area contributed by atoms with Crippen LogP contribution in [0.25, 0.3) is 22.1 Å². The van der Waals surface area contributed by atoms with Crippen LogP contribution in [-0.4, -0.2) is 23.1 Å². The Kier molecular flexibility index (Phi) is 4.36. The lowest BCUT2D eigenvalue weighted by Crippen LogP contribution is -2.19. The molecule has 1 saturated heterocycles. The van der Waals surface area contributed by atoms with E-state index in [1.807, 2.05) is 24.3 Å². The van der Waals surface area contributed by atoms with Gasteiger partial charge in [-0.3, -0.25) is 9.69 Å². The van der Waals surface area contributed by atoms with E-state index in [0.717, 1.165) is 23.1 Å². The minimum atomic E-state index is -0.0776. The third-order valence-corrected chi connectivity index (χ3v) is 5.28. The molecular weight excluding hydrogens is 382 g/mol. The van der Waals surface area contributed by atoms with Gasteiger partial charge < -0.3 is 9.52 Å². The number of halogens is 1. The van der Waals surface area contributed by atoms with Gasteiger partial charge in [-0.25, -0.2) is 0 Å².